The molecular weight excluding hydrogens is 474 g/mol. The first kappa shape index (κ1) is 30.8. The summed E-state index contributed by atoms with van der Waals surface area (Å²) < 4.78 is 35.4. The number of rotatable bonds is 18. The van der Waals surface area contributed by atoms with Crippen LogP contribution in [-0.4, -0.2) is 6.61 Å². The Balaban J connectivity index is 1.43. The Hall–Kier alpha value is -1.74. The summed E-state index contributed by atoms with van der Waals surface area (Å²) in [6.45, 7) is 5.20. The first-order valence-electron chi connectivity index (χ1n) is 15.8. The molecule has 3 heteroatoms. The molecule has 212 valence electrons. The van der Waals surface area contributed by atoms with Crippen molar-refractivity contribution in [3.8, 4) is 11.1 Å². The number of benzene rings is 2. The Bertz CT molecular complexity index is 899. The quantitative estimate of drug-likeness (QED) is 0.175. The van der Waals surface area contributed by atoms with Gasteiger partial charge in [-0.05, 0) is 55.1 Å². The van der Waals surface area contributed by atoms with Crippen molar-refractivity contribution in [2.24, 2.45) is 5.92 Å². The van der Waals surface area contributed by atoms with Gasteiger partial charge in [0.2, 0.25) is 0 Å². The van der Waals surface area contributed by atoms with E-state index in [1.165, 1.54) is 102 Å². The van der Waals surface area contributed by atoms with Gasteiger partial charge in [0.1, 0.15) is 0 Å². The molecule has 0 spiro atoms. The van der Waals surface area contributed by atoms with Gasteiger partial charge < -0.3 is 4.74 Å². The van der Waals surface area contributed by atoms with E-state index in [0.29, 0.717) is 23.7 Å². The molecule has 0 aliphatic heterocycles. The fourth-order valence-electron chi connectivity index (χ4n) is 6.02. The molecule has 0 saturated heterocycles. The minimum absolute atomic E-state index is 0.123. The van der Waals surface area contributed by atoms with Crippen LogP contribution in [0.5, 0.6) is 0 Å². The van der Waals surface area contributed by atoms with Crippen LogP contribution in [0.3, 0.4) is 0 Å². The second-order valence-electron chi connectivity index (χ2n) is 11.6. The second kappa shape index (κ2) is 17.8. The lowest BCUT2D eigenvalue weighted by molar-refractivity contribution is 0.114. The molecule has 0 radical (unpaired) electrons. The number of unbranched alkanes of at least 4 members (excludes halogenated alkanes) is 10. The minimum atomic E-state index is -0.779. The predicted octanol–water partition coefficient (Wildman–Crippen LogP) is 11.5. The fourth-order valence-corrected chi connectivity index (χ4v) is 6.02. The highest BCUT2D eigenvalue weighted by Crippen LogP contribution is 2.38. The lowest BCUT2D eigenvalue weighted by Gasteiger charge is -2.29. The van der Waals surface area contributed by atoms with Crippen molar-refractivity contribution < 1.29 is 13.5 Å². The van der Waals surface area contributed by atoms with Crippen molar-refractivity contribution in [2.45, 2.75) is 136 Å². The summed E-state index contributed by atoms with van der Waals surface area (Å²) in [6.07, 6.45) is 21.9. The van der Waals surface area contributed by atoms with Crippen molar-refractivity contribution in [1.29, 1.82) is 0 Å². The van der Waals surface area contributed by atoms with Crippen molar-refractivity contribution in [3.05, 3.63) is 59.2 Å². The fraction of sp³-hybridized carbons (Fsp3) is 0.657. The highest BCUT2D eigenvalue weighted by molar-refractivity contribution is 5.65. The maximum absolute atomic E-state index is 15.0. The molecule has 1 nitrogen and oxygen atoms in total. The van der Waals surface area contributed by atoms with E-state index in [0.717, 1.165) is 24.3 Å². The maximum atomic E-state index is 15.0. The van der Waals surface area contributed by atoms with Crippen LogP contribution in [0.25, 0.3) is 11.1 Å². The molecule has 2 aromatic rings. The highest BCUT2D eigenvalue weighted by Gasteiger charge is 2.22. The lowest BCUT2D eigenvalue weighted by atomic mass is 9.77. The maximum Gasteiger partial charge on any atom is 0.167 e. The third kappa shape index (κ3) is 10.1. The summed E-state index contributed by atoms with van der Waals surface area (Å²) in [5.74, 6) is -0.0634. The van der Waals surface area contributed by atoms with Crippen LogP contribution >= 0.6 is 0 Å². The number of halogens is 2. The van der Waals surface area contributed by atoms with Gasteiger partial charge in [-0.1, -0.05) is 127 Å². The molecule has 0 N–H and O–H groups in total. The van der Waals surface area contributed by atoms with Gasteiger partial charge in [-0.3, -0.25) is 0 Å². The second-order valence-corrected chi connectivity index (χ2v) is 11.6. The largest absolute Gasteiger partial charge is 0.377 e. The average molecular weight is 527 g/mol. The molecule has 1 fully saturated rings. The zero-order valence-corrected chi connectivity index (χ0v) is 24.2. The smallest absolute Gasteiger partial charge is 0.167 e. The van der Waals surface area contributed by atoms with Gasteiger partial charge in [0.15, 0.2) is 11.6 Å². The first-order chi connectivity index (χ1) is 18.6. The molecule has 2 aromatic carbocycles. The number of ether oxygens (including phenoxy) is 1. The molecule has 1 aliphatic carbocycles. The van der Waals surface area contributed by atoms with E-state index in [1.54, 1.807) is 12.1 Å². The van der Waals surface area contributed by atoms with Crippen LogP contribution in [0.4, 0.5) is 8.78 Å². The normalized spacial score (nSPS) is 17.7. The van der Waals surface area contributed by atoms with E-state index in [4.69, 9.17) is 4.74 Å². The summed E-state index contributed by atoms with van der Waals surface area (Å²) in [5, 5.41) is 0. The Morgan fingerprint density at radius 2 is 1.26 bits per heavy atom. The van der Waals surface area contributed by atoms with E-state index in [2.05, 4.69) is 26.0 Å². The molecule has 0 bridgehead atoms. The van der Waals surface area contributed by atoms with Crippen LogP contribution in [0, 0.1) is 17.6 Å². The Kier molecular flexibility index (Phi) is 14.4. The van der Waals surface area contributed by atoms with Gasteiger partial charge in [-0.2, -0.15) is 0 Å². The molecule has 0 unspecified atom stereocenters. The summed E-state index contributed by atoms with van der Waals surface area (Å²) in [7, 11) is 0. The summed E-state index contributed by atoms with van der Waals surface area (Å²) >= 11 is 0. The summed E-state index contributed by atoms with van der Waals surface area (Å²) in [5.41, 5.74) is 2.71. The van der Waals surface area contributed by atoms with E-state index in [-0.39, 0.29) is 6.61 Å². The molecule has 3 rings (SSSR count). The number of hydrogen-bond donors (Lipinski definition) is 0. The Labute approximate surface area is 231 Å². The van der Waals surface area contributed by atoms with Crippen LogP contribution in [0.2, 0.25) is 0 Å². The molecular formula is C35H52F2O. The predicted molar refractivity (Wildman–Crippen MR) is 158 cm³/mol. The van der Waals surface area contributed by atoms with Crippen molar-refractivity contribution in [1.82, 2.24) is 0 Å². The minimum Gasteiger partial charge on any atom is -0.377 e. The Morgan fingerprint density at radius 1 is 0.658 bits per heavy atom. The lowest BCUT2D eigenvalue weighted by Crippen LogP contribution is -2.13. The average Bonchev–Trinajstić information content (AvgIpc) is 2.95. The van der Waals surface area contributed by atoms with Gasteiger partial charge in [0.25, 0.3) is 0 Å². The van der Waals surface area contributed by atoms with Crippen LogP contribution in [0.15, 0.2) is 36.4 Å². The van der Waals surface area contributed by atoms with E-state index < -0.39 is 11.6 Å². The van der Waals surface area contributed by atoms with Gasteiger partial charge in [0, 0.05) is 17.7 Å². The van der Waals surface area contributed by atoms with Crippen molar-refractivity contribution in [3.63, 3.8) is 0 Å². The zero-order chi connectivity index (χ0) is 27.0. The highest BCUT2D eigenvalue weighted by atomic mass is 19.2. The van der Waals surface area contributed by atoms with Gasteiger partial charge in [-0.15, -0.1) is 0 Å². The van der Waals surface area contributed by atoms with Crippen LogP contribution in [0.1, 0.15) is 140 Å². The topological polar surface area (TPSA) is 9.23 Å². The standard InChI is InChI=1S/C35H52F2O/c1-3-5-7-9-11-13-15-28-16-18-29(19-17-28)30-20-22-31(23-21-30)33-25-24-32(34(36)35(33)37)27-38-26-14-12-10-8-6-4-2/h20-25,28-29H,3-19,26-27H2,1-2H3. The first-order valence-corrected chi connectivity index (χ1v) is 15.8. The summed E-state index contributed by atoms with van der Waals surface area (Å²) in [6, 6.07) is 11.6. The van der Waals surface area contributed by atoms with E-state index in [9.17, 15) is 8.78 Å². The molecule has 0 amide bonds. The molecule has 0 atom stereocenters. The molecule has 0 aromatic heterocycles. The molecule has 0 heterocycles. The number of hydrogen-bond acceptors (Lipinski definition) is 1. The van der Waals surface area contributed by atoms with E-state index in [1.807, 2.05) is 12.1 Å². The molecule has 1 aliphatic rings. The third-order valence-electron chi connectivity index (χ3n) is 8.57. The molecule has 38 heavy (non-hydrogen) atoms. The zero-order valence-electron chi connectivity index (χ0n) is 24.2. The SMILES string of the molecule is CCCCCCCCOCc1ccc(-c2ccc(C3CCC(CCCCCCCC)CC3)cc2)c(F)c1F. The summed E-state index contributed by atoms with van der Waals surface area (Å²) in [4.78, 5) is 0. The van der Waals surface area contributed by atoms with Gasteiger partial charge in [0.05, 0.1) is 6.61 Å². The Morgan fingerprint density at radius 3 is 1.92 bits per heavy atom. The van der Waals surface area contributed by atoms with Crippen LogP contribution < -0.4 is 0 Å². The monoisotopic (exact) mass is 526 g/mol. The van der Waals surface area contributed by atoms with Crippen LogP contribution in [-0.2, 0) is 11.3 Å². The van der Waals surface area contributed by atoms with Crippen molar-refractivity contribution in [2.75, 3.05) is 6.61 Å². The third-order valence-corrected chi connectivity index (χ3v) is 8.57. The van der Waals surface area contributed by atoms with Gasteiger partial charge in [-0.25, -0.2) is 8.78 Å². The van der Waals surface area contributed by atoms with Crippen molar-refractivity contribution >= 4 is 0 Å². The van der Waals surface area contributed by atoms with E-state index >= 15 is 0 Å². The van der Waals surface area contributed by atoms with Gasteiger partial charge >= 0.3 is 0 Å². The molecule has 1 saturated carbocycles.